The van der Waals surface area contributed by atoms with E-state index in [-0.39, 0.29) is 30.0 Å². The van der Waals surface area contributed by atoms with Gasteiger partial charge in [0.15, 0.2) is 5.96 Å². The number of nitrogens with zero attached hydrogens (tertiary/aromatic N) is 3. The standard InChI is InChI=1S/C22H31N5O3S.HI/c1-23-22(24-15-17-9-5-8-12-21(17)31(28,29)26(2)3)25-18-13-14-27(16-18)19-10-6-7-11-20(19)30-4;/h5-12,18H,13-16H2,1-4H3,(H2,23,24,25);1H. The molecule has 0 bridgehead atoms. The molecule has 1 aliphatic heterocycles. The lowest BCUT2D eigenvalue weighted by atomic mass is 10.2. The van der Waals surface area contributed by atoms with E-state index in [0.717, 1.165) is 30.9 Å². The summed E-state index contributed by atoms with van der Waals surface area (Å²) in [4.78, 5) is 6.91. The Morgan fingerprint density at radius 2 is 1.88 bits per heavy atom. The molecule has 2 N–H and O–H groups in total. The van der Waals surface area contributed by atoms with E-state index >= 15 is 0 Å². The second kappa shape index (κ2) is 11.7. The van der Waals surface area contributed by atoms with Crippen molar-refractivity contribution < 1.29 is 13.2 Å². The maximum atomic E-state index is 12.6. The molecule has 3 rings (SSSR count). The van der Waals surface area contributed by atoms with Crippen LogP contribution < -0.4 is 20.3 Å². The highest BCUT2D eigenvalue weighted by Crippen LogP contribution is 2.30. The Morgan fingerprint density at radius 3 is 2.56 bits per heavy atom. The van der Waals surface area contributed by atoms with Crippen LogP contribution in [0.4, 0.5) is 5.69 Å². The van der Waals surface area contributed by atoms with Crippen LogP contribution in [0.25, 0.3) is 0 Å². The molecule has 32 heavy (non-hydrogen) atoms. The number of halogens is 1. The zero-order chi connectivity index (χ0) is 22.4. The summed E-state index contributed by atoms with van der Waals surface area (Å²) in [6.07, 6.45) is 0.963. The van der Waals surface area contributed by atoms with Gasteiger partial charge in [0.05, 0.1) is 17.7 Å². The van der Waals surface area contributed by atoms with Crippen LogP contribution in [-0.2, 0) is 16.6 Å². The molecule has 1 heterocycles. The fourth-order valence-corrected chi connectivity index (χ4v) is 4.77. The lowest BCUT2D eigenvalue weighted by molar-refractivity contribution is 0.415. The third kappa shape index (κ3) is 6.04. The topological polar surface area (TPSA) is 86.3 Å². The van der Waals surface area contributed by atoms with Crippen LogP contribution >= 0.6 is 24.0 Å². The summed E-state index contributed by atoms with van der Waals surface area (Å²) in [5.74, 6) is 1.51. The minimum atomic E-state index is -3.51. The average Bonchev–Trinajstić information content (AvgIpc) is 3.25. The zero-order valence-corrected chi connectivity index (χ0v) is 22.1. The van der Waals surface area contributed by atoms with Crippen LogP contribution in [0.2, 0.25) is 0 Å². The maximum absolute atomic E-state index is 12.6. The van der Waals surface area contributed by atoms with E-state index in [2.05, 4.69) is 26.6 Å². The largest absolute Gasteiger partial charge is 0.495 e. The lowest BCUT2D eigenvalue weighted by Crippen LogP contribution is -2.44. The number of para-hydroxylation sites is 2. The molecule has 0 amide bonds. The van der Waals surface area contributed by atoms with Gasteiger partial charge >= 0.3 is 0 Å². The predicted molar refractivity (Wildman–Crippen MR) is 140 cm³/mol. The molecular weight excluding hydrogens is 541 g/mol. The first-order chi connectivity index (χ1) is 14.9. The van der Waals surface area contributed by atoms with Gasteiger partial charge in [0.1, 0.15) is 5.75 Å². The number of benzene rings is 2. The third-order valence-electron chi connectivity index (χ3n) is 5.36. The summed E-state index contributed by atoms with van der Waals surface area (Å²) >= 11 is 0. The van der Waals surface area contributed by atoms with Gasteiger partial charge in [-0.25, -0.2) is 12.7 Å². The van der Waals surface area contributed by atoms with Crippen LogP contribution in [0.15, 0.2) is 58.4 Å². The molecule has 0 saturated carbocycles. The van der Waals surface area contributed by atoms with Crippen LogP contribution in [-0.4, -0.2) is 66.1 Å². The summed E-state index contributed by atoms with van der Waals surface area (Å²) in [7, 11) is 2.95. The van der Waals surface area contributed by atoms with Crippen molar-refractivity contribution in [1.29, 1.82) is 0 Å². The lowest BCUT2D eigenvalue weighted by Gasteiger charge is -2.22. The number of aliphatic imine (C=N–C) groups is 1. The first-order valence-corrected chi connectivity index (χ1v) is 11.7. The molecule has 8 nitrogen and oxygen atoms in total. The van der Waals surface area contributed by atoms with Crippen LogP contribution in [0.1, 0.15) is 12.0 Å². The molecule has 1 saturated heterocycles. The number of anilines is 1. The van der Waals surface area contributed by atoms with E-state index in [1.54, 1.807) is 26.3 Å². The Kier molecular flexibility index (Phi) is 9.59. The zero-order valence-electron chi connectivity index (χ0n) is 18.9. The van der Waals surface area contributed by atoms with Gasteiger partial charge in [0, 0.05) is 46.8 Å². The van der Waals surface area contributed by atoms with Crippen molar-refractivity contribution in [1.82, 2.24) is 14.9 Å². The molecule has 0 aliphatic carbocycles. The van der Waals surface area contributed by atoms with Crippen LogP contribution in [0.3, 0.4) is 0 Å². The molecule has 0 radical (unpaired) electrons. The van der Waals surface area contributed by atoms with E-state index in [4.69, 9.17) is 4.74 Å². The summed E-state index contributed by atoms with van der Waals surface area (Å²) < 4.78 is 31.9. The van der Waals surface area contributed by atoms with Gasteiger partial charge in [0.25, 0.3) is 0 Å². The molecular formula is C22H32IN5O3S. The number of guanidine groups is 1. The average molecular weight is 574 g/mol. The fraction of sp³-hybridized carbons (Fsp3) is 0.409. The predicted octanol–water partition coefficient (Wildman–Crippen LogP) is 2.51. The summed E-state index contributed by atoms with van der Waals surface area (Å²) in [5, 5.41) is 6.70. The summed E-state index contributed by atoms with van der Waals surface area (Å²) in [5.41, 5.74) is 1.78. The molecule has 2 aromatic carbocycles. The highest BCUT2D eigenvalue weighted by atomic mass is 127. The monoisotopic (exact) mass is 573 g/mol. The fourth-order valence-electron chi connectivity index (χ4n) is 3.65. The molecule has 2 aromatic rings. The summed E-state index contributed by atoms with van der Waals surface area (Å²) in [6.45, 7) is 2.09. The Labute approximate surface area is 208 Å². The van der Waals surface area contributed by atoms with Gasteiger partial charge in [-0.15, -0.1) is 24.0 Å². The van der Waals surface area contributed by atoms with Crippen molar-refractivity contribution in [2.45, 2.75) is 23.9 Å². The second-order valence-corrected chi connectivity index (χ2v) is 9.69. The van der Waals surface area contributed by atoms with Crippen molar-refractivity contribution in [2.75, 3.05) is 46.2 Å². The SMILES string of the molecule is CN=C(NCc1ccccc1S(=O)(=O)N(C)C)NC1CCN(c2ccccc2OC)C1.I. The highest BCUT2D eigenvalue weighted by molar-refractivity contribution is 14.0. The van der Waals surface area contributed by atoms with Gasteiger partial charge in [-0.3, -0.25) is 4.99 Å². The second-order valence-electron chi connectivity index (χ2n) is 7.57. The molecule has 0 spiro atoms. The Balaban J connectivity index is 0.00000363. The number of rotatable bonds is 7. The first kappa shape index (κ1) is 26.2. The van der Waals surface area contributed by atoms with Gasteiger partial charge in [-0.2, -0.15) is 0 Å². The third-order valence-corrected chi connectivity index (χ3v) is 7.27. The van der Waals surface area contributed by atoms with E-state index in [1.807, 2.05) is 30.3 Å². The van der Waals surface area contributed by atoms with Gasteiger partial charge in [-0.1, -0.05) is 30.3 Å². The summed E-state index contributed by atoms with van der Waals surface area (Å²) in [6, 6.07) is 15.2. The van der Waals surface area contributed by atoms with Gasteiger partial charge in [0.2, 0.25) is 10.0 Å². The van der Waals surface area contributed by atoms with Crippen LogP contribution in [0, 0.1) is 0 Å². The molecule has 0 aromatic heterocycles. The van der Waals surface area contributed by atoms with Crippen LogP contribution in [0.5, 0.6) is 5.75 Å². The van der Waals surface area contributed by atoms with Crippen molar-refractivity contribution in [3.8, 4) is 5.75 Å². The van der Waals surface area contributed by atoms with Crippen molar-refractivity contribution >= 4 is 45.6 Å². The van der Waals surface area contributed by atoms with E-state index in [0.29, 0.717) is 23.0 Å². The Bertz CT molecular complexity index is 1030. The number of ether oxygens (including phenoxy) is 1. The Morgan fingerprint density at radius 1 is 1.19 bits per heavy atom. The molecule has 10 heteroatoms. The number of methoxy groups -OCH3 is 1. The van der Waals surface area contributed by atoms with E-state index in [1.165, 1.54) is 18.4 Å². The number of hydrogen-bond acceptors (Lipinski definition) is 5. The van der Waals surface area contributed by atoms with Gasteiger partial charge in [-0.05, 0) is 30.2 Å². The smallest absolute Gasteiger partial charge is 0.242 e. The van der Waals surface area contributed by atoms with Gasteiger partial charge < -0.3 is 20.3 Å². The number of hydrogen-bond donors (Lipinski definition) is 2. The van der Waals surface area contributed by atoms with E-state index in [9.17, 15) is 8.42 Å². The minimum absolute atomic E-state index is 0. The highest BCUT2D eigenvalue weighted by Gasteiger charge is 2.25. The molecule has 1 unspecified atom stereocenters. The van der Waals surface area contributed by atoms with Crippen molar-refractivity contribution in [2.24, 2.45) is 4.99 Å². The van der Waals surface area contributed by atoms with E-state index < -0.39 is 10.0 Å². The number of nitrogens with one attached hydrogen (secondary N) is 2. The molecule has 1 fully saturated rings. The Hall–Kier alpha value is -2.05. The molecule has 1 aliphatic rings. The minimum Gasteiger partial charge on any atom is -0.495 e. The number of sulfonamides is 1. The quantitative estimate of drug-likeness (QED) is 0.301. The molecule has 1 atom stereocenters. The van der Waals surface area contributed by atoms with Crippen molar-refractivity contribution in [3.05, 3.63) is 54.1 Å². The maximum Gasteiger partial charge on any atom is 0.242 e. The first-order valence-electron chi connectivity index (χ1n) is 10.2. The molecule has 176 valence electrons. The van der Waals surface area contributed by atoms with Crippen molar-refractivity contribution in [3.63, 3.8) is 0 Å². The normalized spacial score (nSPS) is 16.6.